The van der Waals surface area contributed by atoms with Crippen LogP contribution in [0, 0.1) is 20.8 Å². The number of para-hydroxylation sites is 1. The molecule has 0 radical (unpaired) electrons. The minimum Gasteiger partial charge on any atom is -0.385 e. The number of carbonyl (C=O) groups is 1. The number of aryl methyl sites for hydroxylation is 4. The van der Waals surface area contributed by atoms with E-state index in [0.717, 1.165) is 45.4 Å². The average Bonchev–Trinajstić information content (AvgIpc) is 3.07. The summed E-state index contributed by atoms with van der Waals surface area (Å²) in [7, 11) is 1.65. The van der Waals surface area contributed by atoms with Crippen LogP contribution in [0.5, 0.6) is 0 Å². The number of nitrogens with zero attached hydrogens (tertiary/aromatic N) is 3. The van der Waals surface area contributed by atoms with Gasteiger partial charge in [-0.05, 0) is 75.4 Å². The van der Waals surface area contributed by atoms with Crippen molar-refractivity contribution < 1.29 is 14.6 Å². The zero-order chi connectivity index (χ0) is 23.6. The number of carbonyl (C=O) groups excluding carboxylic acids is 1. The third kappa shape index (κ3) is 4.57. The SMILES string of the molecule is CCc1cccc(C)c1N(C(=O)Cn1c(C(C)O)nc2cc(C)c(C)cc21)C(C)COC. The molecule has 3 rings (SSSR count). The molecule has 3 aromatic rings. The van der Waals surface area contributed by atoms with Crippen molar-refractivity contribution in [1.82, 2.24) is 9.55 Å². The summed E-state index contributed by atoms with van der Waals surface area (Å²) in [6.07, 6.45) is 0.0386. The molecule has 1 aromatic heterocycles. The highest BCUT2D eigenvalue weighted by Gasteiger charge is 2.27. The van der Waals surface area contributed by atoms with Crippen molar-refractivity contribution in [2.24, 2.45) is 0 Å². The predicted molar refractivity (Wildman–Crippen MR) is 129 cm³/mol. The van der Waals surface area contributed by atoms with Crippen molar-refractivity contribution in [1.29, 1.82) is 0 Å². The minimum absolute atomic E-state index is 0.0574. The summed E-state index contributed by atoms with van der Waals surface area (Å²) in [5.74, 6) is 0.441. The molecule has 0 saturated heterocycles. The fraction of sp³-hybridized carbons (Fsp3) is 0.462. The van der Waals surface area contributed by atoms with Crippen LogP contribution >= 0.6 is 0 Å². The number of benzene rings is 2. The van der Waals surface area contributed by atoms with Gasteiger partial charge >= 0.3 is 0 Å². The lowest BCUT2D eigenvalue weighted by Crippen LogP contribution is -2.44. The van der Waals surface area contributed by atoms with Gasteiger partial charge in [0.2, 0.25) is 5.91 Å². The standard InChI is InChI=1S/C26H35N3O3/c1-8-21-11-9-10-16(2)25(21)29(19(5)15-32-7)24(31)14-28-23-13-18(4)17(3)12-22(23)27-26(28)20(6)30/h9-13,19-20,30H,8,14-15H2,1-7H3. The van der Waals surface area contributed by atoms with E-state index in [1.807, 2.05) is 61.4 Å². The summed E-state index contributed by atoms with van der Waals surface area (Å²) in [4.78, 5) is 20.4. The number of rotatable bonds is 8. The van der Waals surface area contributed by atoms with Crippen LogP contribution in [-0.2, 0) is 22.5 Å². The highest BCUT2D eigenvalue weighted by molar-refractivity contribution is 5.96. The third-order valence-electron chi connectivity index (χ3n) is 6.12. The van der Waals surface area contributed by atoms with E-state index in [2.05, 4.69) is 18.0 Å². The lowest BCUT2D eigenvalue weighted by Gasteiger charge is -2.32. The molecule has 0 aliphatic carbocycles. The lowest BCUT2D eigenvalue weighted by molar-refractivity contribution is -0.119. The molecule has 2 unspecified atom stereocenters. The number of amides is 1. The van der Waals surface area contributed by atoms with Gasteiger partial charge in [0.15, 0.2) is 0 Å². The van der Waals surface area contributed by atoms with Crippen LogP contribution < -0.4 is 4.90 Å². The second kappa shape index (κ2) is 9.84. The summed E-state index contributed by atoms with van der Waals surface area (Å²) in [5, 5.41) is 10.4. The number of aliphatic hydroxyl groups excluding tert-OH is 1. The Labute approximate surface area is 190 Å². The molecule has 172 valence electrons. The molecular weight excluding hydrogens is 402 g/mol. The Hall–Kier alpha value is -2.70. The van der Waals surface area contributed by atoms with E-state index in [1.165, 1.54) is 0 Å². The Morgan fingerprint density at radius 2 is 1.84 bits per heavy atom. The molecule has 1 N–H and O–H groups in total. The molecule has 0 spiro atoms. The van der Waals surface area contributed by atoms with Gasteiger partial charge in [0, 0.05) is 7.11 Å². The molecule has 0 saturated carbocycles. The lowest BCUT2D eigenvalue weighted by atomic mass is 10.0. The van der Waals surface area contributed by atoms with Gasteiger partial charge in [-0.2, -0.15) is 0 Å². The van der Waals surface area contributed by atoms with Crippen molar-refractivity contribution in [3.8, 4) is 0 Å². The molecule has 1 heterocycles. The smallest absolute Gasteiger partial charge is 0.247 e. The van der Waals surface area contributed by atoms with Crippen molar-refractivity contribution in [2.45, 2.75) is 66.7 Å². The van der Waals surface area contributed by atoms with E-state index >= 15 is 0 Å². The molecule has 0 bridgehead atoms. The maximum Gasteiger partial charge on any atom is 0.247 e. The first kappa shape index (κ1) is 24.0. The Balaban J connectivity index is 2.12. The van der Waals surface area contributed by atoms with E-state index in [0.29, 0.717) is 12.4 Å². The monoisotopic (exact) mass is 437 g/mol. The Morgan fingerprint density at radius 1 is 1.16 bits per heavy atom. The summed E-state index contributed by atoms with van der Waals surface area (Å²) < 4.78 is 7.27. The zero-order valence-electron chi connectivity index (χ0n) is 20.3. The summed E-state index contributed by atoms with van der Waals surface area (Å²) in [6.45, 7) is 12.4. The predicted octanol–water partition coefficient (Wildman–Crippen LogP) is 4.65. The summed E-state index contributed by atoms with van der Waals surface area (Å²) in [5.41, 5.74) is 7.03. The van der Waals surface area contributed by atoms with Gasteiger partial charge in [-0.25, -0.2) is 4.98 Å². The van der Waals surface area contributed by atoms with Gasteiger partial charge in [-0.15, -0.1) is 0 Å². The molecule has 6 heteroatoms. The molecule has 0 fully saturated rings. The van der Waals surface area contributed by atoms with Crippen LogP contribution in [0.4, 0.5) is 5.69 Å². The fourth-order valence-electron chi connectivity index (χ4n) is 4.35. The second-order valence-corrected chi connectivity index (χ2v) is 8.66. The number of fused-ring (bicyclic) bond motifs is 1. The van der Waals surface area contributed by atoms with Gasteiger partial charge in [0.1, 0.15) is 18.5 Å². The number of aliphatic hydroxyl groups is 1. The van der Waals surface area contributed by atoms with E-state index in [4.69, 9.17) is 4.74 Å². The summed E-state index contributed by atoms with van der Waals surface area (Å²) in [6, 6.07) is 10.1. The number of imidazole rings is 1. The normalized spacial score (nSPS) is 13.4. The maximum atomic E-state index is 13.9. The number of aromatic nitrogens is 2. The van der Waals surface area contributed by atoms with E-state index in [-0.39, 0.29) is 18.5 Å². The zero-order valence-corrected chi connectivity index (χ0v) is 20.3. The Kier molecular flexibility index (Phi) is 7.36. The van der Waals surface area contributed by atoms with Crippen LogP contribution in [0.15, 0.2) is 30.3 Å². The molecule has 0 aliphatic heterocycles. The minimum atomic E-state index is -0.787. The molecule has 2 atom stereocenters. The first-order valence-electron chi connectivity index (χ1n) is 11.2. The average molecular weight is 438 g/mol. The maximum absolute atomic E-state index is 13.9. The van der Waals surface area contributed by atoms with Crippen LogP contribution in [-0.4, -0.2) is 40.3 Å². The molecule has 2 aromatic carbocycles. The number of anilines is 1. The summed E-state index contributed by atoms with van der Waals surface area (Å²) >= 11 is 0. The number of hydrogen-bond acceptors (Lipinski definition) is 4. The van der Waals surface area contributed by atoms with Crippen molar-refractivity contribution >= 4 is 22.6 Å². The van der Waals surface area contributed by atoms with E-state index in [9.17, 15) is 9.90 Å². The van der Waals surface area contributed by atoms with Gasteiger partial charge in [0.25, 0.3) is 0 Å². The number of hydrogen-bond donors (Lipinski definition) is 1. The largest absolute Gasteiger partial charge is 0.385 e. The van der Waals surface area contributed by atoms with Gasteiger partial charge in [-0.1, -0.05) is 25.1 Å². The highest BCUT2D eigenvalue weighted by atomic mass is 16.5. The molecule has 32 heavy (non-hydrogen) atoms. The fourth-order valence-corrected chi connectivity index (χ4v) is 4.35. The van der Waals surface area contributed by atoms with Crippen LogP contribution in [0.25, 0.3) is 11.0 Å². The topological polar surface area (TPSA) is 67.6 Å². The van der Waals surface area contributed by atoms with Gasteiger partial charge in [-0.3, -0.25) is 4.79 Å². The number of methoxy groups -OCH3 is 1. The molecular formula is C26H35N3O3. The molecule has 6 nitrogen and oxygen atoms in total. The van der Waals surface area contributed by atoms with Gasteiger partial charge in [0.05, 0.1) is 29.4 Å². The third-order valence-corrected chi connectivity index (χ3v) is 6.12. The van der Waals surface area contributed by atoms with Crippen molar-refractivity contribution in [3.05, 3.63) is 58.4 Å². The Morgan fingerprint density at radius 3 is 2.47 bits per heavy atom. The van der Waals surface area contributed by atoms with Gasteiger partial charge < -0.3 is 19.3 Å². The highest BCUT2D eigenvalue weighted by Crippen LogP contribution is 2.30. The second-order valence-electron chi connectivity index (χ2n) is 8.66. The van der Waals surface area contributed by atoms with Crippen LogP contribution in [0.2, 0.25) is 0 Å². The Bertz CT molecular complexity index is 1120. The quantitative estimate of drug-likeness (QED) is 0.557. The van der Waals surface area contributed by atoms with E-state index in [1.54, 1.807) is 14.0 Å². The van der Waals surface area contributed by atoms with Crippen LogP contribution in [0.1, 0.15) is 55.0 Å². The molecule has 1 amide bonds. The van der Waals surface area contributed by atoms with E-state index < -0.39 is 6.10 Å². The molecule has 0 aliphatic rings. The van der Waals surface area contributed by atoms with Crippen molar-refractivity contribution in [3.63, 3.8) is 0 Å². The first-order valence-corrected chi connectivity index (χ1v) is 11.2. The van der Waals surface area contributed by atoms with Crippen LogP contribution in [0.3, 0.4) is 0 Å². The first-order chi connectivity index (χ1) is 15.2. The number of ether oxygens (including phenoxy) is 1. The van der Waals surface area contributed by atoms with Crippen molar-refractivity contribution in [2.75, 3.05) is 18.6 Å².